The average Bonchev–Trinajstić information content (AvgIpc) is 2.81. The van der Waals surface area contributed by atoms with Gasteiger partial charge >= 0.3 is 0 Å². The molecule has 6 heteroatoms. The largest absolute Gasteiger partial charge is 0.312 e. The van der Waals surface area contributed by atoms with Crippen LogP contribution < -0.4 is 5.32 Å². The Morgan fingerprint density at radius 3 is 2.57 bits per heavy atom. The molecule has 0 radical (unpaired) electrons. The molecule has 0 aliphatic rings. The molecule has 0 amide bonds. The number of nitrogens with zero attached hydrogens (tertiary/aromatic N) is 1. The average molecular weight is 333 g/mol. The molecule has 1 rings (SSSR count). The summed E-state index contributed by atoms with van der Waals surface area (Å²) in [4.78, 5) is 1.11. The van der Waals surface area contributed by atoms with Gasteiger partial charge in [-0.1, -0.05) is 20.3 Å². The van der Waals surface area contributed by atoms with Gasteiger partial charge in [0.25, 0.3) is 10.0 Å². The Hall–Kier alpha value is -0.430. The topological polar surface area (TPSA) is 49.4 Å². The van der Waals surface area contributed by atoms with Gasteiger partial charge in [0.15, 0.2) is 0 Å². The van der Waals surface area contributed by atoms with Crippen molar-refractivity contribution in [2.24, 2.45) is 0 Å². The van der Waals surface area contributed by atoms with Gasteiger partial charge < -0.3 is 5.32 Å². The lowest BCUT2D eigenvalue weighted by atomic mass is 10.2. The Labute approximate surface area is 133 Å². The molecule has 0 spiro atoms. The Balaban J connectivity index is 2.91. The van der Waals surface area contributed by atoms with Crippen LogP contribution >= 0.6 is 11.3 Å². The van der Waals surface area contributed by atoms with Gasteiger partial charge in [0.2, 0.25) is 0 Å². The van der Waals surface area contributed by atoms with Gasteiger partial charge in [-0.3, -0.25) is 0 Å². The zero-order chi connectivity index (χ0) is 16.0. The van der Waals surface area contributed by atoms with E-state index in [2.05, 4.69) is 19.2 Å². The van der Waals surface area contributed by atoms with Crippen LogP contribution in [0.25, 0.3) is 0 Å². The van der Waals surface area contributed by atoms with Crippen molar-refractivity contribution in [3.8, 4) is 0 Å². The molecule has 1 unspecified atom stereocenters. The van der Waals surface area contributed by atoms with Crippen LogP contribution in [-0.4, -0.2) is 32.4 Å². The molecule has 1 heterocycles. The first kappa shape index (κ1) is 18.6. The highest BCUT2D eigenvalue weighted by Gasteiger charge is 2.27. The Morgan fingerprint density at radius 2 is 2.00 bits per heavy atom. The molecule has 4 nitrogen and oxygen atoms in total. The lowest BCUT2D eigenvalue weighted by molar-refractivity contribution is 0.369. The fourth-order valence-electron chi connectivity index (χ4n) is 2.15. The fraction of sp³-hybridized carbons (Fsp3) is 0.733. The summed E-state index contributed by atoms with van der Waals surface area (Å²) in [5.41, 5.74) is 1.05. The van der Waals surface area contributed by atoms with Crippen LogP contribution in [0.1, 0.15) is 50.5 Å². The summed E-state index contributed by atoms with van der Waals surface area (Å²) < 4.78 is 27.3. The van der Waals surface area contributed by atoms with Crippen LogP contribution in [0, 0.1) is 6.92 Å². The van der Waals surface area contributed by atoms with Crippen LogP contribution in [0.15, 0.2) is 10.3 Å². The minimum atomic E-state index is -3.37. The third kappa shape index (κ3) is 4.77. The summed E-state index contributed by atoms with van der Waals surface area (Å²) in [6.07, 6.45) is 2.94. The molecule has 0 bridgehead atoms. The predicted octanol–water partition coefficient (Wildman–Crippen LogP) is 3.37. The van der Waals surface area contributed by atoms with Crippen molar-refractivity contribution < 1.29 is 8.42 Å². The standard InChI is InChI=1S/C15H28N2O2S2/c1-6-8-13(4)17(5)21(18,19)15-10-12(3)14(20-15)11-16-9-7-2/h10,13,16H,6-9,11H2,1-5H3. The quantitative estimate of drug-likeness (QED) is 0.705. The first-order valence-electron chi connectivity index (χ1n) is 7.62. The van der Waals surface area contributed by atoms with E-state index in [1.54, 1.807) is 13.1 Å². The second-order valence-electron chi connectivity index (χ2n) is 5.51. The maximum Gasteiger partial charge on any atom is 0.252 e. The molecular weight excluding hydrogens is 304 g/mol. The molecule has 1 N–H and O–H groups in total. The van der Waals surface area contributed by atoms with E-state index in [0.717, 1.165) is 42.8 Å². The minimum Gasteiger partial charge on any atom is -0.312 e. The van der Waals surface area contributed by atoms with Gasteiger partial charge in [0, 0.05) is 24.5 Å². The summed E-state index contributed by atoms with van der Waals surface area (Å²) in [5, 5.41) is 3.33. The zero-order valence-electron chi connectivity index (χ0n) is 13.8. The number of nitrogens with one attached hydrogen (secondary N) is 1. The maximum absolute atomic E-state index is 12.7. The predicted molar refractivity (Wildman–Crippen MR) is 90.4 cm³/mol. The number of hydrogen-bond donors (Lipinski definition) is 1. The molecule has 122 valence electrons. The lowest BCUT2D eigenvalue weighted by Gasteiger charge is -2.23. The Kier molecular flexibility index (Phi) is 7.33. The van der Waals surface area contributed by atoms with Gasteiger partial charge in [0.1, 0.15) is 4.21 Å². The van der Waals surface area contributed by atoms with Crippen molar-refractivity contribution in [1.29, 1.82) is 0 Å². The third-order valence-electron chi connectivity index (χ3n) is 3.67. The van der Waals surface area contributed by atoms with Crippen LogP contribution in [0.3, 0.4) is 0 Å². The van der Waals surface area contributed by atoms with E-state index < -0.39 is 10.0 Å². The molecule has 0 fully saturated rings. The first-order valence-corrected chi connectivity index (χ1v) is 9.88. The number of hydrogen-bond acceptors (Lipinski definition) is 4. The number of sulfonamides is 1. The second kappa shape index (κ2) is 8.27. The van der Waals surface area contributed by atoms with Crippen molar-refractivity contribution in [3.05, 3.63) is 16.5 Å². The van der Waals surface area contributed by atoms with Gasteiger partial charge in [-0.2, -0.15) is 4.31 Å². The van der Waals surface area contributed by atoms with Gasteiger partial charge in [0.05, 0.1) is 0 Å². The van der Waals surface area contributed by atoms with Crippen molar-refractivity contribution in [2.75, 3.05) is 13.6 Å². The van der Waals surface area contributed by atoms with Crippen molar-refractivity contribution in [1.82, 2.24) is 9.62 Å². The van der Waals surface area contributed by atoms with Crippen LogP contribution in [0.5, 0.6) is 0 Å². The summed E-state index contributed by atoms with van der Waals surface area (Å²) in [6, 6.07) is 1.84. The highest BCUT2D eigenvalue weighted by molar-refractivity contribution is 7.91. The van der Waals surface area contributed by atoms with Gasteiger partial charge in [-0.15, -0.1) is 11.3 Å². The molecule has 0 aromatic carbocycles. The van der Waals surface area contributed by atoms with E-state index in [1.807, 2.05) is 13.8 Å². The Bertz CT molecular complexity index is 538. The Morgan fingerprint density at radius 1 is 1.33 bits per heavy atom. The third-order valence-corrected chi connectivity index (χ3v) is 7.33. The van der Waals surface area contributed by atoms with Gasteiger partial charge in [-0.05, 0) is 44.9 Å². The maximum atomic E-state index is 12.7. The van der Waals surface area contributed by atoms with Crippen LogP contribution in [0.2, 0.25) is 0 Å². The molecule has 0 saturated heterocycles. The fourth-order valence-corrected chi connectivity index (χ4v) is 5.29. The molecule has 0 saturated carbocycles. The highest BCUT2D eigenvalue weighted by Crippen LogP contribution is 2.29. The molecule has 1 atom stereocenters. The van der Waals surface area contributed by atoms with E-state index in [4.69, 9.17) is 0 Å². The van der Waals surface area contributed by atoms with Crippen molar-refractivity contribution in [2.45, 2.75) is 63.8 Å². The summed E-state index contributed by atoms with van der Waals surface area (Å²) in [6.45, 7) is 9.83. The monoisotopic (exact) mass is 332 g/mol. The minimum absolute atomic E-state index is 0.0315. The molecule has 21 heavy (non-hydrogen) atoms. The van der Waals surface area contributed by atoms with E-state index in [-0.39, 0.29) is 6.04 Å². The van der Waals surface area contributed by atoms with E-state index >= 15 is 0 Å². The molecule has 1 aromatic rings. The van der Waals surface area contributed by atoms with E-state index in [9.17, 15) is 8.42 Å². The normalized spacial score (nSPS) is 13.8. The second-order valence-corrected chi connectivity index (χ2v) is 8.87. The molecule has 1 aromatic heterocycles. The van der Waals surface area contributed by atoms with E-state index in [0.29, 0.717) is 4.21 Å². The van der Waals surface area contributed by atoms with Crippen molar-refractivity contribution >= 4 is 21.4 Å². The molecule has 0 aliphatic carbocycles. The lowest BCUT2D eigenvalue weighted by Crippen LogP contribution is -2.34. The van der Waals surface area contributed by atoms with Crippen LogP contribution in [-0.2, 0) is 16.6 Å². The molecule has 0 aliphatic heterocycles. The number of thiophene rings is 1. The van der Waals surface area contributed by atoms with Gasteiger partial charge in [-0.25, -0.2) is 8.42 Å². The first-order chi connectivity index (χ1) is 9.84. The highest BCUT2D eigenvalue weighted by atomic mass is 32.2. The smallest absolute Gasteiger partial charge is 0.252 e. The van der Waals surface area contributed by atoms with Crippen LogP contribution in [0.4, 0.5) is 0 Å². The SMILES string of the molecule is CCCNCc1sc(S(=O)(=O)N(C)C(C)CCC)cc1C. The number of aryl methyl sites for hydroxylation is 1. The molecular formula is C15H28N2O2S2. The zero-order valence-corrected chi connectivity index (χ0v) is 15.4. The summed E-state index contributed by atoms with van der Waals surface area (Å²) in [5.74, 6) is 0. The summed E-state index contributed by atoms with van der Waals surface area (Å²) in [7, 11) is -1.69. The van der Waals surface area contributed by atoms with Crippen molar-refractivity contribution in [3.63, 3.8) is 0 Å². The summed E-state index contributed by atoms with van der Waals surface area (Å²) >= 11 is 1.39. The number of rotatable bonds is 9. The van der Waals surface area contributed by atoms with E-state index in [1.165, 1.54) is 15.6 Å².